The minimum atomic E-state index is 0.692. The van der Waals surface area contributed by atoms with E-state index in [4.69, 9.17) is 9.15 Å². The summed E-state index contributed by atoms with van der Waals surface area (Å²) in [7, 11) is 0. The number of nitrogens with zero attached hydrogens (tertiary/aromatic N) is 3. The van der Waals surface area contributed by atoms with Gasteiger partial charge in [-0.1, -0.05) is 35.6 Å². The number of hydrogen-bond acceptors (Lipinski definition) is 6. The lowest BCUT2D eigenvalue weighted by atomic mass is 10.0. The molecule has 4 heterocycles. The Morgan fingerprint density at radius 2 is 1.73 bits per heavy atom. The maximum atomic E-state index is 5.98. The first-order valence-electron chi connectivity index (χ1n) is 10.4. The molecule has 152 valence electrons. The Labute approximate surface area is 179 Å². The molecule has 0 saturated carbocycles. The summed E-state index contributed by atoms with van der Waals surface area (Å²) >= 11 is 1.58. The zero-order chi connectivity index (χ0) is 19.9. The van der Waals surface area contributed by atoms with Crippen LogP contribution < -0.4 is 9.64 Å². The summed E-state index contributed by atoms with van der Waals surface area (Å²) < 4.78 is 12.7. The van der Waals surface area contributed by atoms with Gasteiger partial charge in [0, 0.05) is 38.8 Å². The second-order valence-corrected chi connectivity index (χ2v) is 9.26. The maximum absolute atomic E-state index is 5.98. The van der Waals surface area contributed by atoms with Crippen molar-refractivity contribution >= 4 is 27.4 Å². The predicted octanol–water partition coefficient (Wildman–Crippen LogP) is 5.25. The van der Waals surface area contributed by atoms with Crippen LogP contribution in [0.25, 0.3) is 10.2 Å². The van der Waals surface area contributed by atoms with Gasteiger partial charge >= 0.3 is 0 Å². The summed E-state index contributed by atoms with van der Waals surface area (Å²) in [5.74, 6) is 3.32. The number of benzene rings is 2. The van der Waals surface area contributed by atoms with Crippen molar-refractivity contribution in [2.24, 2.45) is 11.8 Å². The van der Waals surface area contributed by atoms with Crippen LogP contribution in [0.15, 0.2) is 71.3 Å². The second kappa shape index (κ2) is 7.45. The highest BCUT2D eigenvalue weighted by atomic mass is 32.1. The lowest BCUT2D eigenvalue weighted by molar-refractivity contribution is 0.308. The van der Waals surface area contributed by atoms with E-state index in [-0.39, 0.29) is 0 Å². The molecule has 6 heteroatoms. The molecule has 0 amide bonds. The van der Waals surface area contributed by atoms with Crippen LogP contribution in [0, 0.1) is 11.8 Å². The topological polar surface area (TPSA) is 41.7 Å². The normalized spacial score (nSPS) is 21.4. The molecule has 0 N–H and O–H groups in total. The van der Waals surface area contributed by atoms with E-state index < -0.39 is 0 Å². The number of hydrogen-bond donors (Lipinski definition) is 0. The first kappa shape index (κ1) is 18.0. The predicted molar refractivity (Wildman–Crippen MR) is 119 cm³/mol. The third-order valence-corrected chi connectivity index (χ3v) is 7.10. The van der Waals surface area contributed by atoms with Crippen molar-refractivity contribution in [3.05, 3.63) is 72.5 Å². The van der Waals surface area contributed by atoms with E-state index in [1.165, 1.54) is 5.56 Å². The summed E-state index contributed by atoms with van der Waals surface area (Å²) in [5.41, 5.74) is 2.31. The van der Waals surface area contributed by atoms with Crippen LogP contribution in [-0.2, 0) is 6.54 Å². The van der Waals surface area contributed by atoms with E-state index in [1.54, 1.807) is 17.6 Å². The Hall–Kier alpha value is -2.83. The van der Waals surface area contributed by atoms with Crippen molar-refractivity contribution in [2.75, 3.05) is 31.1 Å². The minimum Gasteiger partial charge on any atom is -0.449 e. The molecular weight excluding hydrogens is 394 g/mol. The van der Waals surface area contributed by atoms with E-state index >= 15 is 0 Å². The molecule has 2 fully saturated rings. The van der Waals surface area contributed by atoms with Crippen LogP contribution in [0.2, 0.25) is 0 Å². The molecule has 0 radical (unpaired) electrons. The molecule has 2 atom stereocenters. The van der Waals surface area contributed by atoms with E-state index in [9.17, 15) is 0 Å². The third kappa shape index (κ3) is 3.46. The number of ether oxygens (including phenoxy) is 1. The van der Waals surface area contributed by atoms with Gasteiger partial charge in [0.1, 0.15) is 5.75 Å². The lowest BCUT2D eigenvalue weighted by Gasteiger charge is -2.21. The Balaban J connectivity index is 1.06. The van der Waals surface area contributed by atoms with Crippen LogP contribution in [-0.4, -0.2) is 36.1 Å². The van der Waals surface area contributed by atoms with Crippen molar-refractivity contribution < 1.29 is 9.15 Å². The van der Waals surface area contributed by atoms with Crippen LogP contribution >= 0.6 is 11.3 Å². The van der Waals surface area contributed by atoms with Gasteiger partial charge in [-0.2, -0.15) is 0 Å². The second-order valence-electron chi connectivity index (χ2n) is 8.26. The highest BCUT2D eigenvalue weighted by molar-refractivity contribution is 7.20. The van der Waals surface area contributed by atoms with E-state index in [0.717, 1.165) is 66.4 Å². The highest BCUT2D eigenvalue weighted by Gasteiger charge is 2.40. The van der Waals surface area contributed by atoms with Gasteiger partial charge in [0.05, 0.1) is 16.5 Å². The molecule has 2 aliphatic rings. The zero-order valence-corrected chi connectivity index (χ0v) is 17.4. The molecule has 0 aliphatic carbocycles. The first-order valence-corrected chi connectivity index (χ1v) is 11.2. The molecule has 4 aromatic rings. The summed E-state index contributed by atoms with van der Waals surface area (Å²) in [6.45, 7) is 5.51. The van der Waals surface area contributed by atoms with Crippen LogP contribution in [0.1, 0.15) is 5.56 Å². The average molecular weight is 418 g/mol. The van der Waals surface area contributed by atoms with Gasteiger partial charge in [0.2, 0.25) is 0 Å². The van der Waals surface area contributed by atoms with Gasteiger partial charge < -0.3 is 14.1 Å². The molecule has 0 spiro atoms. The first-order chi connectivity index (χ1) is 14.8. The summed E-state index contributed by atoms with van der Waals surface area (Å²) in [6.07, 6.45) is 1.76. The molecule has 2 unspecified atom stereocenters. The molecule has 2 aromatic heterocycles. The lowest BCUT2D eigenvalue weighted by Crippen LogP contribution is -2.28. The number of likely N-dealkylation sites (tertiary alicyclic amines) is 1. The molecule has 2 aromatic carbocycles. The summed E-state index contributed by atoms with van der Waals surface area (Å²) in [4.78, 5) is 9.52. The van der Waals surface area contributed by atoms with Gasteiger partial charge in [-0.05, 0) is 47.7 Å². The number of thiazole rings is 1. The molecule has 2 saturated heterocycles. The van der Waals surface area contributed by atoms with Crippen LogP contribution in [0.5, 0.6) is 10.9 Å². The Morgan fingerprint density at radius 3 is 2.47 bits per heavy atom. The number of para-hydroxylation sites is 1. The maximum Gasteiger partial charge on any atom is 0.279 e. The Bertz CT molecular complexity index is 1090. The highest BCUT2D eigenvalue weighted by Crippen LogP contribution is 2.35. The number of aromatic nitrogens is 1. The van der Waals surface area contributed by atoms with Gasteiger partial charge in [-0.3, -0.25) is 4.90 Å². The number of rotatable bonds is 5. The quantitative estimate of drug-likeness (QED) is 0.444. The van der Waals surface area contributed by atoms with Gasteiger partial charge in [-0.15, -0.1) is 0 Å². The number of furan rings is 1. The minimum absolute atomic E-state index is 0.692. The van der Waals surface area contributed by atoms with E-state index in [0.29, 0.717) is 5.19 Å². The molecule has 6 rings (SSSR count). The van der Waals surface area contributed by atoms with Crippen molar-refractivity contribution in [3.8, 4) is 10.9 Å². The van der Waals surface area contributed by atoms with Gasteiger partial charge in [-0.25, -0.2) is 4.98 Å². The van der Waals surface area contributed by atoms with Gasteiger partial charge in [0.15, 0.2) is 5.88 Å². The van der Waals surface area contributed by atoms with E-state index in [2.05, 4.69) is 51.2 Å². The number of anilines is 1. The Kier molecular flexibility index (Phi) is 4.47. The smallest absolute Gasteiger partial charge is 0.279 e. The number of fused-ring (bicyclic) bond motifs is 2. The van der Waals surface area contributed by atoms with Crippen molar-refractivity contribution in [1.82, 2.24) is 9.88 Å². The standard InChI is InChI=1S/C24H23N3O2S/c1-2-5-22-21(4-1)25-24(30-22)29-20-9-7-17(8-10-20)12-26-13-18-15-27(16-19(18)14-26)23-6-3-11-28-23/h1-11,18-19H,12-16H2. The van der Waals surface area contributed by atoms with Gasteiger partial charge in [0.25, 0.3) is 5.19 Å². The van der Waals surface area contributed by atoms with E-state index in [1.807, 2.05) is 24.3 Å². The van der Waals surface area contributed by atoms with Crippen LogP contribution in [0.4, 0.5) is 5.88 Å². The molecule has 0 bridgehead atoms. The van der Waals surface area contributed by atoms with Crippen molar-refractivity contribution in [2.45, 2.75) is 6.54 Å². The van der Waals surface area contributed by atoms with Crippen molar-refractivity contribution in [1.29, 1.82) is 0 Å². The summed E-state index contributed by atoms with van der Waals surface area (Å²) in [6, 6.07) is 20.6. The fourth-order valence-corrected chi connectivity index (χ4v) is 5.60. The third-order valence-electron chi connectivity index (χ3n) is 6.19. The molecular formula is C24H23N3O2S. The van der Waals surface area contributed by atoms with Crippen molar-refractivity contribution in [3.63, 3.8) is 0 Å². The summed E-state index contributed by atoms with van der Waals surface area (Å²) in [5, 5.41) is 0.692. The average Bonchev–Trinajstić information content (AvgIpc) is 3.52. The SMILES string of the molecule is c1coc(N2CC3CN(Cc4ccc(Oc5nc6ccccc6s5)cc4)CC3C2)c1. The fraction of sp³-hybridized carbons (Fsp3) is 0.292. The monoisotopic (exact) mass is 417 g/mol. The largest absolute Gasteiger partial charge is 0.449 e. The molecule has 2 aliphatic heterocycles. The van der Waals surface area contributed by atoms with Crippen LogP contribution in [0.3, 0.4) is 0 Å². The molecule has 30 heavy (non-hydrogen) atoms. The molecule has 5 nitrogen and oxygen atoms in total. The fourth-order valence-electron chi connectivity index (χ4n) is 4.77. The Morgan fingerprint density at radius 1 is 0.933 bits per heavy atom. The zero-order valence-electron chi connectivity index (χ0n) is 16.6.